The van der Waals surface area contributed by atoms with Gasteiger partial charge in [-0.25, -0.2) is 8.78 Å². The van der Waals surface area contributed by atoms with Gasteiger partial charge in [-0.15, -0.1) is 0 Å². The fourth-order valence-electron chi connectivity index (χ4n) is 3.37. The first-order valence-corrected chi connectivity index (χ1v) is 9.07. The zero-order chi connectivity index (χ0) is 21.8. The van der Waals surface area contributed by atoms with Gasteiger partial charge in [0.05, 0.1) is 34.6 Å². The molecular formula is C19H13ClF5N3O2. The van der Waals surface area contributed by atoms with Crippen LogP contribution in [0.25, 0.3) is 22.0 Å². The summed E-state index contributed by atoms with van der Waals surface area (Å²) < 4.78 is 66.5. The Balaban J connectivity index is 1.73. The first-order chi connectivity index (χ1) is 14.0. The lowest BCUT2D eigenvalue weighted by Gasteiger charge is -2.38. The van der Waals surface area contributed by atoms with Crippen molar-refractivity contribution in [1.82, 2.24) is 14.5 Å². The number of aromatic amines is 1. The minimum atomic E-state index is -4.68. The van der Waals surface area contributed by atoms with Crippen molar-refractivity contribution in [3.8, 4) is 11.1 Å². The Labute approximate surface area is 170 Å². The summed E-state index contributed by atoms with van der Waals surface area (Å²) in [4.78, 5) is 28.8. The zero-order valence-corrected chi connectivity index (χ0v) is 15.8. The first-order valence-electron chi connectivity index (χ1n) is 8.69. The van der Waals surface area contributed by atoms with Crippen molar-refractivity contribution in [2.45, 2.75) is 18.6 Å². The molecule has 0 spiro atoms. The quantitative estimate of drug-likeness (QED) is 0.616. The van der Waals surface area contributed by atoms with Gasteiger partial charge in [-0.05, 0) is 23.8 Å². The minimum Gasteiger partial charge on any atom is -0.360 e. The number of likely N-dealkylation sites (tertiary alicyclic amines) is 1. The molecule has 0 atom stereocenters. The number of pyridine rings is 1. The maximum absolute atomic E-state index is 13.2. The Kier molecular flexibility index (Phi) is 4.64. The Morgan fingerprint density at radius 2 is 1.90 bits per heavy atom. The van der Waals surface area contributed by atoms with E-state index in [0.29, 0.717) is 5.52 Å². The average Bonchev–Trinajstić information content (AvgIpc) is 3.06. The number of fused-ring (bicyclic) bond motifs is 1. The van der Waals surface area contributed by atoms with Crippen LogP contribution in [-0.2, 0) is 17.5 Å². The molecule has 11 heteroatoms. The predicted octanol–water partition coefficient (Wildman–Crippen LogP) is 4.15. The highest BCUT2D eigenvalue weighted by Gasteiger charge is 2.46. The average molecular weight is 446 g/mol. The van der Waals surface area contributed by atoms with Crippen molar-refractivity contribution in [3.63, 3.8) is 0 Å². The summed E-state index contributed by atoms with van der Waals surface area (Å²) in [5.41, 5.74) is -0.997. The monoisotopic (exact) mass is 445 g/mol. The van der Waals surface area contributed by atoms with Gasteiger partial charge < -0.3 is 14.5 Å². The Morgan fingerprint density at radius 1 is 1.20 bits per heavy atom. The summed E-state index contributed by atoms with van der Waals surface area (Å²) in [6.07, 6.45) is -1.97. The Morgan fingerprint density at radius 3 is 2.53 bits per heavy atom. The number of nitrogens with zero attached hydrogens (tertiary/aromatic N) is 2. The van der Waals surface area contributed by atoms with Crippen molar-refractivity contribution in [2.75, 3.05) is 13.1 Å². The summed E-state index contributed by atoms with van der Waals surface area (Å²) in [5.74, 6) is -3.58. The van der Waals surface area contributed by atoms with Crippen LogP contribution in [0.1, 0.15) is 5.56 Å². The number of amides is 1. The number of aromatic nitrogens is 2. The van der Waals surface area contributed by atoms with Gasteiger partial charge in [0.2, 0.25) is 5.91 Å². The third kappa shape index (κ3) is 3.55. The highest BCUT2D eigenvalue weighted by molar-refractivity contribution is 6.31. The smallest absolute Gasteiger partial charge is 0.360 e. The molecule has 0 saturated carbocycles. The number of H-pyrrole nitrogens is 1. The van der Waals surface area contributed by atoms with E-state index < -0.39 is 53.8 Å². The normalized spacial score (nSPS) is 16.0. The second-order valence-corrected chi connectivity index (χ2v) is 7.45. The van der Waals surface area contributed by atoms with E-state index in [1.54, 1.807) is 0 Å². The Hall–Kier alpha value is -2.88. The highest BCUT2D eigenvalue weighted by atomic mass is 35.5. The molecule has 0 radical (unpaired) electrons. The molecule has 1 saturated heterocycles. The maximum atomic E-state index is 13.2. The van der Waals surface area contributed by atoms with Crippen LogP contribution in [-0.4, -0.2) is 39.4 Å². The molecule has 1 aromatic carbocycles. The summed E-state index contributed by atoms with van der Waals surface area (Å²) in [6, 6.07) is 4.77. The lowest BCUT2D eigenvalue weighted by atomic mass is 10.0. The second-order valence-electron chi connectivity index (χ2n) is 7.04. The van der Waals surface area contributed by atoms with Crippen molar-refractivity contribution in [1.29, 1.82) is 0 Å². The van der Waals surface area contributed by atoms with E-state index in [0.717, 1.165) is 21.6 Å². The van der Waals surface area contributed by atoms with Gasteiger partial charge in [-0.2, -0.15) is 13.2 Å². The minimum absolute atomic E-state index is 0.0784. The van der Waals surface area contributed by atoms with E-state index in [-0.39, 0.29) is 16.5 Å². The van der Waals surface area contributed by atoms with Gasteiger partial charge in [-0.3, -0.25) is 9.59 Å². The lowest BCUT2D eigenvalue weighted by molar-refractivity contribution is -0.166. The van der Waals surface area contributed by atoms with E-state index in [4.69, 9.17) is 11.6 Å². The standard InChI is InChI=1S/C19H13ClF5N3O2/c20-13-2-1-10(5-12(13)19(23,24)25)11-6-26-14-3-4-27(17(30)16(11)14)7-15(29)28-8-18(21,22)9-28/h1-6,26H,7-9H2. The van der Waals surface area contributed by atoms with Crippen molar-refractivity contribution >= 4 is 28.4 Å². The molecular weight excluding hydrogens is 433 g/mol. The molecule has 158 valence electrons. The zero-order valence-electron chi connectivity index (χ0n) is 15.1. The van der Waals surface area contributed by atoms with Crippen LogP contribution in [0, 0.1) is 0 Å². The lowest BCUT2D eigenvalue weighted by Crippen LogP contribution is -2.59. The summed E-state index contributed by atoms with van der Waals surface area (Å²) in [7, 11) is 0. The molecule has 0 aliphatic carbocycles. The van der Waals surface area contributed by atoms with Crippen molar-refractivity contribution in [3.05, 3.63) is 57.6 Å². The van der Waals surface area contributed by atoms with E-state index in [9.17, 15) is 31.5 Å². The van der Waals surface area contributed by atoms with Crippen LogP contribution in [0.2, 0.25) is 5.02 Å². The molecule has 1 amide bonds. The molecule has 4 rings (SSSR count). The second kappa shape index (κ2) is 6.83. The molecule has 1 fully saturated rings. The van der Waals surface area contributed by atoms with Gasteiger partial charge in [0.15, 0.2) is 0 Å². The van der Waals surface area contributed by atoms with Gasteiger partial charge in [-0.1, -0.05) is 17.7 Å². The van der Waals surface area contributed by atoms with E-state index in [1.807, 2.05) is 0 Å². The van der Waals surface area contributed by atoms with E-state index in [1.165, 1.54) is 24.5 Å². The number of hydrogen-bond donors (Lipinski definition) is 1. The van der Waals surface area contributed by atoms with Crippen LogP contribution >= 0.6 is 11.6 Å². The van der Waals surface area contributed by atoms with Gasteiger partial charge in [0, 0.05) is 18.0 Å². The van der Waals surface area contributed by atoms with Gasteiger partial charge >= 0.3 is 6.18 Å². The number of carbonyl (C=O) groups excluding carboxylic acids is 1. The topological polar surface area (TPSA) is 58.1 Å². The third-order valence-corrected chi connectivity index (χ3v) is 5.22. The summed E-state index contributed by atoms with van der Waals surface area (Å²) >= 11 is 5.65. The van der Waals surface area contributed by atoms with Crippen LogP contribution < -0.4 is 5.56 Å². The maximum Gasteiger partial charge on any atom is 0.417 e. The van der Waals surface area contributed by atoms with Crippen LogP contribution in [0.15, 0.2) is 41.5 Å². The molecule has 5 nitrogen and oxygen atoms in total. The summed E-state index contributed by atoms with van der Waals surface area (Å²) in [5, 5.41) is -0.393. The number of halogens is 6. The molecule has 1 N–H and O–H groups in total. The number of benzene rings is 1. The molecule has 0 bridgehead atoms. The first kappa shape index (κ1) is 20.4. The van der Waals surface area contributed by atoms with E-state index in [2.05, 4.69) is 4.98 Å². The fourth-order valence-corrected chi connectivity index (χ4v) is 3.60. The molecule has 0 unspecified atom stereocenters. The van der Waals surface area contributed by atoms with Crippen LogP contribution in [0.3, 0.4) is 0 Å². The van der Waals surface area contributed by atoms with E-state index >= 15 is 0 Å². The predicted molar refractivity (Wildman–Crippen MR) is 99.5 cm³/mol. The van der Waals surface area contributed by atoms with Gasteiger partial charge in [0.25, 0.3) is 11.5 Å². The molecule has 1 aliphatic rings. The molecule has 3 aromatic rings. The molecule has 2 aromatic heterocycles. The van der Waals surface area contributed by atoms with Crippen molar-refractivity contribution < 1.29 is 26.7 Å². The number of hydrogen-bond acceptors (Lipinski definition) is 2. The SMILES string of the molecule is O=C(Cn1ccc2[nH]cc(-c3ccc(Cl)c(C(F)(F)F)c3)c2c1=O)N1CC(F)(F)C1. The largest absolute Gasteiger partial charge is 0.417 e. The third-order valence-electron chi connectivity index (χ3n) is 4.89. The number of carbonyl (C=O) groups is 1. The number of nitrogens with one attached hydrogen (secondary N) is 1. The fraction of sp³-hybridized carbons (Fsp3) is 0.263. The van der Waals surface area contributed by atoms with Gasteiger partial charge in [0.1, 0.15) is 6.54 Å². The molecule has 3 heterocycles. The van der Waals surface area contributed by atoms with Crippen LogP contribution in [0.4, 0.5) is 22.0 Å². The number of alkyl halides is 5. The van der Waals surface area contributed by atoms with Crippen molar-refractivity contribution in [2.24, 2.45) is 0 Å². The summed E-state index contributed by atoms with van der Waals surface area (Å²) in [6.45, 7) is -1.86. The molecule has 30 heavy (non-hydrogen) atoms. The Bertz CT molecular complexity index is 1210. The molecule has 1 aliphatic heterocycles. The highest BCUT2D eigenvalue weighted by Crippen LogP contribution is 2.38. The number of rotatable bonds is 3. The van der Waals surface area contributed by atoms with Crippen LogP contribution in [0.5, 0.6) is 0 Å².